The molecule has 5 nitrogen and oxygen atoms in total. The van der Waals surface area contributed by atoms with Crippen molar-refractivity contribution < 1.29 is 19.5 Å². The van der Waals surface area contributed by atoms with Crippen LogP contribution in [0, 0.1) is 0 Å². The van der Waals surface area contributed by atoms with Crippen LogP contribution in [0.3, 0.4) is 0 Å². The molecule has 0 bridgehead atoms. The lowest BCUT2D eigenvalue weighted by atomic mass is 10.1. The standard InChI is InChI=1S/C12H13NO4/c1-8(13-16)12(15)11-5-3-10(4-6-11)7-17-9(2)14/h3-6,16H,7H2,1-2H3/b13-8+. The molecule has 0 radical (unpaired) electrons. The first-order valence-corrected chi connectivity index (χ1v) is 5.00. The van der Waals surface area contributed by atoms with Crippen LogP contribution in [0.15, 0.2) is 29.4 Å². The van der Waals surface area contributed by atoms with Crippen molar-refractivity contribution in [2.24, 2.45) is 5.16 Å². The van der Waals surface area contributed by atoms with Crippen LogP contribution >= 0.6 is 0 Å². The van der Waals surface area contributed by atoms with Gasteiger partial charge in [-0.3, -0.25) is 9.59 Å². The Morgan fingerprint density at radius 1 is 1.24 bits per heavy atom. The number of nitrogens with zero attached hydrogens (tertiary/aromatic N) is 1. The molecule has 1 N–H and O–H groups in total. The third-order valence-electron chi connectivity index (χ3n) is 2.14. The fourth-order valence-electron chi connectivity index (χ4n) is 1.19. The van der Waals surface area contributed by atoms with Crippen molar-refractivity contribution in [1.82, 2.24) is 0 Å². The maximum Gasteiger partial charge on any atom is 0.302 e. The van der Waals surface area contributed by atoms with E-state index in [1.165, 1.54) is 13.8 Å². The second-order valence-corrected chi connectivity index (χ2v) is 3.49. The Balaban J connectivity index is 2.74. The van der Waals surface area contributed by atoms with Crippen LogP contribution in [0.1, 0.15) is 29.8 Å². The number of ketones is 1. The van der Waals surface area contributed by atoms with E-state index in [1.807, 2.05) is 0 Å². The summed E-state index contributed by atoms with van der Waals surface area (Å²) >= 11 is 0. The summed E-state index contributed by atoms with van der Waals surface area (Å²) in [4.78, 5) is 22.2. The van der Waals surface area contributed by atoms with E-state index in [9.17, 15) is 9.59 Å². The highest BCUT2D eigenvalue weighted by molar-refractivity contribution is 6.45. The maximum atomic E-state index is 11.6. The molecule has 0 spiro atoms. The minimum atomic E-state index is -0.353. The largest absolute Gasteiger partial charge is 0.461 e. The van der Waals surface area contributed by atoms with E-state index in [0.717, 1.165) is 5.56 Å². The summed E-state index contributed by atoms with van der Waals surface area (Å²) in [7, 11) is 0. The lowest BCUT2D eigenvalue weighted by Gasteiger charge is -2.03. The average molecular weight is 235 g/mol. The molecule has 90 valence electrons. The van der Waals surface area contributed by atoms with Gasteiger partial charge in [0.25, 0.3) is 0 Å². The lowest BCUT2D eigenvalue weighted by molar-refractivity contribution is -0.142. The zero-order chi connectivity index (χ0) is 12.8. The van der Waals surface area contributed by atoms with E-state index < -0.39 is 0 Å². The molecular formula is C12H13NO4. The number of ether oxygens (including phenoxy) is 1. The Labute approximate surface area is 98.7 Å². The summed E-state index contributed by atoms with van der Waals surface area (Å²) in [6, 6.07) is 6.55. The number of carbonyl (C=O) groups excluding carboxylic acids is 2. The molecule has 0 fully saturated rings. The normalized spacial score (nSPS) is 11.1. The first-order valence-electron chi connectivity index (χ1n) is 5.00. The third kappa shape index (κ3) is 3.71. The minimum absolute atomic E-state index is 0.0257. The van der Waals surface area contributed by atoms with Gasteiger partial charge in [-0.2, -0.15) is 0 Å². The zero-order valence-corrected chi connectivity index (χ0v) is 9.64. The van der Waals surface area contributed by atoms with Crippen molar-refractivity contribution in [3.63, 3.8) is 0 Å². The van der Waals surface area contributed by atoms with Crippen LogP contribution in [-0.4, -0.2) is 22.7 Å². The molecular weight excluding hydrogens is 222 g/mol. The molecule has 0 unspecified atom stereocenters. The van der Waals surface area contributed by atoms with Crippen LogP contribution in [-0.2, 0) is 16.1 Å². The van der Waals surface area contributed by atoms with Crippen molar-refractivity contribution in [1.29, 1.82) is 0 Å². The molecule has 1 aromatic carbocycles. The molecule has 5 heteroatoms. The molecule has 0 amide bonds. The van der Waals surface area contributed by atoms with Crippen molar-refractivity contribution in [2.45, 2.75) is 20.5 Å². The first kappa shape index (κ1) is 12.9. The Bertz CT molecular complexity index is 448. The molecule has 0 aliphatic heterocycles. The third-order valence-corrected chi connectivity index (χ3v) is 2.14. The number of rotatable bonds is 4. The number of oxime groups is 1. The van der Waals surface area contributed by atoms with E-state index in [4.69, 9.17) is 9.94 Å². The molecule has 0 aliphatic rings. The van der Waals surface area contributed by atoms with Gasteiger partial charge < -0.3 is 9.94 Å². The smallest absolute Gasteiger partial charge is 0.302 e. The summed E-state index contributed by atoms with van der Waals surface area (Å²) in [5.41, 5.74) is 1.24. The first-order chi connectivity index (χ1) is 8.04. The zero-order valence-electron chi connectivity index (χ0n) is 9.64. The van der Waals surface area contributed by atoms with Gasteiger partial charge in [0.2, 0.25) is 5.78 Å². The van der Waals surface area contributed by atoms with Crippen molar-refractivity contribution in [3.8, 4) is 0 Å². The van der Waals surface area contributed by atoms with Crippen LogP contribution in [0.4, 0.5) is 0 Å². The Morgan fingerprint density at radius 2 is 1.82 bits per heavy atom. The van der Waals surface area contributed by atoms with Gasteiger partial charge in [-0.1, -0.05) is 29.4 Å². The molecule has 0 atom stereocenters. The topological polar surface area (TPSA) is 76.0 Å². The summed E-state index contributed by atoms with van der Waals surface area (Å²) in [5.74, 6) is -0.694. The molecule has 0 saturated carbocycles. The number of benzene rings is 1. The summed E-state index contributed by atoms with van der Waals surface area (Å²) < 4.78 is 4.81. The van der Waals surface area contributed by atoms with E-state index in [-0.39, 0.29) is 24.1 Å². The molecule has 17 heavy (non-hydrogen) atoms. The van der Waals surface area contributed by atoms with Crippen LogP contribution < -0.4 is 0 Å². The highest BCUT2D eigenvalue weighted by Gasteiger charge is 2.09. The Hall–Kier alpha value is -2.17. The fourth-order valence-corrected chi connectivity index (χ4v) is 1.19. The quantitative estimate of drug-likeness (QED) is 0.284. The van der Waals surface area contributed by atoms with Gasteiger partial charge >= 0.3 is 5.97 Å². The Morgan fingerprint density at radius 3 is 2.29 bits per heavy atom. The minimum Gasteiger partial charge on any atom is -0.461 e. The molecule has 0 aromatic heterocycles. The molecule has 1 aromatic rings. The fraction of sp³-hybridized carbons (Fsp3) is 0.250. The number of hydrogen-bond donors (Lipinski definition) is 1. The van der Waals surface area contributed by atoms with Gasteiger partial charge in [0, 0.05) is 12.5 Å². The van der Waals surface area contributed by atoms with Crippen molar-refractivity contribution >= 4 is 17.5 Å². The van der Waals surface area contributed by atoms with Gasteiger partial charge in [0.15, 0.2) is 0 Å². The highest BCUT2D eigenvalue weighted by atomic mass is 16.5. The molecule has 0 heterocycles. The van der Waals surface area contributed by atoms with Gasteiger partial charge in [-0.25, -0.2) is 0 Å². The second kappa shape index (κ2) is 5.79. The Kier molecular flexibility index (Phi) is 4.39. The van der Waals surface area contributed by atoms with E-state index >= 15 is 0 Å². The van der Waals surface area contributed by atoms with E-state index in [0.29, 0.717) is 5.56 Å². The van der Waals surface area contributed by atoms with Gasteiger partial charge in [-0.05, 0) is 12.5 Å². The average Bonchev–Trinajstić information content (AvgIpc) is 2.35. The van der Waals surface area contributed by atoms with Gasteiger partial charge in [0.05, 0.1) is 0 Å². The van der Waals surface area contributed by atoms with Gasteiger partial charge in [-0.15, -0.1) is 0 Å². The number of esters is 1. The van der Waals surface area contributed by atoms with Crippen LogP contribution in [0.5, 0.6) is 0 Å². The van der Waals surface area contributed by atoms with E-state index in [2.05, 4.69) is 5.16 Å². The van der Waals surface area contributed by atoms with Crippen LogP contribution in [0.25, 0.3) is 0 Å². The SMILES string of the molecule is CC(=O)OCc1ccc(C(=O)/C(C)=N/O)cc1. The summed E-state index contributed by atoms with van der Waals surface area (Å²) in [6.45, 7) is 2.94. The van der Waals surface area contributed by atoms with Crippen molar-refractivity contribution in [2.75, 3.05) is 0 Å². The molecule has 1 rings (SSSR count). The predicted molar refractivity (Wildman–Crippen MR) is 61.1 cm³/mol. The number of hydrogen-bond acceptors (Lipinski definition) is 5. The van der Waals surface area contributed by atoms with Crippen LogP contribution in [0.2, 0.25) is 0 Å². The summed E-state index contributed by atoms with van der Waals surface area (Å²) in [5, 5.41) is 11.3. The molecule has 0 saturated heterocycles. The number of Topliss-reactive ketones (excluding diaryl/α,β-unsaturated/α-hetero) is 1. The number of carbonyl (C=O) groups is 2. The lowest BCUT2D eigenvalue weighted by Crippen LogP contribution is -2.10. The highest BCUT2D eigenvalue weighted by Crippen LogP contribution is 2.07. The second-order valence-electron chi connectivity index (χ2n) is 3.49. The predicted octanol–water partition coefficient (Wildman–Crippen LogP) is 1.78. The summed E-state index contributed by atoms with van der Waals surface area (Å²) in [6.07, 6.45) is 0. The molecule has 0 aliphatic carbocycles. The van der Waals surface area contributed by atoms with Crippen molar-refractivity contribution in [3.05, 3.63) is 35.4 Å². The monoisotopic (exact) mass is 235 g/mol. The van der Waals surface area contributed by atoms with Gasteiger partial charge in [0.1, 0.15) is 12.3 Å². The maximum absolute atomic E-state index is 11.6. The van der Waals surface area contributed by atoms with E-state index in [1.54, 1.807) is 24.3 Å².